The molecule has 0 bridgehead atoms. The molecule has 1 aromatic rings. The highest BCUT2D eigenvalue weighted by Gasteiger charge is 2.45. The molecule has 0 spiro atoms. The molecule has 178 valence electrons. The van der Waals surface area contributed by atoms with Gasteiger partial charge in [-0.3, -0.25) is 0 Å². The predicted octanol–water partition coefficient (Wildman–Crippen LogP) is 3.98. The topological polar surface area (TPSA) is 99.4 Å². The predicted molar refractivity (Wildman–Crippen MR) is 122 cm³/mol. The number of benzene rings is 1. The molecule has 4 rings (SSSR count). The smallest absolute Gasteiger partial charge is 0.229 e. The number of phenolic OH excluding ortho intramolecular Hbond substituents is 1. The zero-order chi connectivity index (χ0) is 23.5. The minimum Gasteiger partial charge on any atom is -0.504 e. The van der Waals surface area contributed by atoms with E-state index in [0.29, 0.717) is 17.6 Å². The van der Waals surface area contributed by atoms with Crippen molar-refractivity contribution >= 4 is 0 Å². The molecule has 0 unspecified atom stereocenters. The van der Waals surface area contributed by atoms with Gasteiger partial charge in [-0.25, -0.2) is 0 Å². The van der Waals surface area contributed by atoms with Crippen LogP contribution in [0.2, 0.25) is 0 Å². The fourth-order valence-electron chi connectivity index (χ4n) is 6.17. The summed E-state index contributed by atoms with van der Waals surface area (Å²) in [6, 6.07) is 0. The Morgan fingerprint density at radius 3 is 2.31 bits per heavy atom. The fourth-order valence-corrected chi connectivity index (χ4v) is 6.17. The van der Waals surface area contributed by atoms with Crippen LogP contribution >= 0.6 is 0 Å². The number of ether oxygens (including phenoxy) is 2. The molecule has 1 aromatic carbocycles. The third kappa shape index (κ3) is 3.75. The molecule has 2 aliphatic carbocycles. The number of allylic oxidation sites excluding steroid dienone is 2. The molecule has 6 nitrogen and oxygen atoms in total. The van der Waals surface area contributed by atoms with E-state index < -0.39 is 30.7 Å². The molecular weight excluding hydrogens is 408 g/mol. The van der Waals surface area contributed by atoms with Crippen molar-refractivity contribution in [2.24, 2.45) is 5.92 Å². The van der Waals surface area contributed by atoms with E-state index in [0.717, 1.165) is 30.4 Å². The number of hydrogen-bond donors (Lipinski definition) is 4. The van der Waals surface area contributed by atoms with Crippen LogP contribution in [0.15, 0.2) is 11.6 Å². The molecule has 3 aliphatic rings. The molecule has 0 amide bonds. The fraction of sp³-hybridized carbons (Fsp3) is 0.692. The summed E-state index contributed by atoms with van der Waals surface area (Å²) in [5.74, 6) is 1.81. The normalized spacial score (nSPS) is 38.7. The van der Waals surface area contributed by atoms with Gasteiger partial charge in [0, 0.05) is 11.5 Å². The lowest BCUT2D eigenvalue weighted by molar-refractivity contribution is -0.268. The SMILES string of the molecule is CC(C)=C[C@H]1C[C@H](C)[C@H]2CC[C@H](C)c3c(O)c(O[C@@H]4O[C@@H](C)[C@@H](O)[C@@H](O)[C@@H]4O)c(C)c1c32. The molecule has 0 radical (unpaired) electrons. The van der Waals surface area contributed by atoms with Gasteiger partial charge in [-0.05, 0) is 81.4 Å². The van der Waals surface area contributed by atoms with E-state index in [2.05, 4.69) is 33.8 Å². The van der Waals surface area contributed by atoms with Crippen LogP contribution in [0.1, 0.15) is 93.9 Å². The zero-order valence-electron chi connectivity index (χ0n) is 20.0. The lowest BCUT2D eigenvalue weighted by atomic mass is 9.62. The Morgan fingerprint density at radius 2 is 1.66 bits per heavy atom. The van der Waals surface area contributed by atoms with Crippen LogP contribution in [0.3, 0.4) is 0 Å². The maximum absolute atomic E-state index is 11.4. The average molecular weight is 447 g/mol. The lowest BCUT2D eigenvalue weighted by Crippen LogP contribution is -2.58. The first-order chi connectivity index (χ1) is 15.0. The summed E-state index contributed by atoms with van der Waals surface area (Å²) >= 11 is 0. The highest BCUT2D eigenvalue weighted by Crippen LogP contribution is 2.58. The second kappa shape index (κ2) is 8.64. The van der Waals surface area contributed by atoms with Gasteiger partial charge in [0.15, 0.2) is 11.5 Å². The number of hydrogen-bond acceptors (Lipinski definition) is 6. The third-order valence-electron chi connectivity index (χ3n) is 7.83. The van der Waals surface area contributed by atoms with Crippen LogP contribution in [0.5, 0.6) is 11.5 Å². The molecule has 0 aromatic heterocycles. The van der Waals surface area contributed by atoms with Crippen LogP contribution in [-0.2, 0) is 4.74 Å². The van der Waals surface area contributed by atoms with Crippen molar-refractivity contribution in [1.29, 1.82) is 0 Å². The highest BCUT2D eigenvalue weighted by atomic mass is 16.7. The monoisotopic (exact) mass is 446 g/mol. The molecule has 9 atom stereocenters. The number of aromatic hydroxyl groups is 1. The third-order valence-corrected chi connectivity index (χ3v) is 7.83. The standard InChI is InChI=1S/C26H38O6/c1-11(2)9-16-10-13(4)17-8-7-12(3)18-20(17)19(16)14(5)25(22(18)28)32-26-24(30)23(29)21(27)15(6)31-26/h9,12-13,15-17,21,23-24,26-30H,7-8,10H2,1-6H3/t12-,13-,15-,16-,17+,21+,23+,24-,26-/m0/s1. The number of aliphatic hydroxyl groups is 3. The van der Waals surface area contributed by atoms with Gasteiger partial charge in [-0.2, -0.15) is 0 Å². The highest BCUT2D eigenvalue weighted by molar-refractivity contribution is 5.64. The summed E-state index contributed by atoms with van der Waals surface area (Å²) in [4.78, 5) is 0. The minimum absolute atomic E-state index is 0.118. The molecule has 4 N–H and O–H groups in total. The molecule has 1 aliphatic heterocycles. The van der Waals surface area contributed by atoms with E-state index >= 15 is 0 Å². The van der Waals surface area contributed by atoms with Crippen LogP contribution in [0.25, 0.3) is 0 Å². The van der Waals surface area contributed by atoms with Gasteiger partial charge in [0.1, 0.15) is 18.3 Å². The Kier molecular flexibility index (Phi) is 6.36. The van der Waals surface area contributed by atoms with Crippen LogP contribution < -0.4 is 4.74 Å². The van der Waals surface area contributed by atoms with E-state index in [9.17, 15) is 20.4 Å². The Hall–Kier alpha value is -1.60. The van der Waals surface area contributed by atoms with E-state index in [1.54, 1.807) is 6.92 Å². The Balaban J connectivity index is 1.85. The lowest BCUT2D eigenvalue weighted by Gasteiger charge is -2.44. The van der Waals surface area contributed by atoms with Crippen molar-refractivity contribution in [3.63, 3.8) is 0 Å². The first kappa shape index (κ1) is 23.6. The van der Waals surface area contributed by atoms with Crippen LogP contribution in [-0.4, -0.2) is 51.1 Å². The van der Waals surface area contributed by atoms with Crippen LogP contribution in [0, 0.1) is 12.8 Å². The van der Waals surface area contributed by atoms with E-state index in [1.165, 1.54) is 16.7 Å². The molecule has 1 heterocycles. The average Bonchev–Trinajstić information content (AvgIpc) is 2.72. The van der Waals surface area contributed by atoms with E-state index in [4.69, 9.17) is 9.47 Å². The van der Waals surface area contributed by atoms with Crippen molar-refractivity contribution in [1.82, 2.24) is 0 Å². The van der Waals surface area contributed by atoms with E-state index in [1.807, 2.05) is 6.92 Å². The second-order valence-electron chi connectivity index (χ2n) is 10.5. The molecule has 0 saturated carbocycles. The number of aliphatic hydroxyl groups excluding tert-OH is 3. The van der Waals surface area contributed by atoms with Gasteiger partial charge in [0.05, 0.1) is 6.10 Å². The molecular formula is C26H38O6. The quantitative estimate of drug-likeness (QED) is 0.524. The van der Waals surface area contributed by atoms with Crippen molar-refractivity contribution < 1.29 is 29.9 Å². The summed E-state index contributed by atoms with van der Waals surface area (Å²) in [5, 5.41) is 42.1. The van der Waals surface area contributed by atoms with Gasteiger partial charge in [-0.15, -0.1) is 0 Å². The van der Waals surface area contributed by atoms with Gasteiger partial charge in [0.2, 0.25) is 6.29 Å². The zero-order valence-corrected chi connectivity index (χ0v) is 20.0. The minimum atomic E-state index is -1.42. The van der Waals surface area contributed by atoms with Crippen molar-refractivity contribution in [2.75, 3.05) is 0 Å². The van der Waals surface area contributed by atoms with Gasteiger partial charge in [0.25, 0.3) is 0 Å². The van der Waals surface area contributed by atoms with Crippen molar-refractivity contribution in [2.45, 2.75) is 109 Å². The number of phenols is 1. The van der Waals surface area contributed by atoms with Gasteiger partial charge < -0.3 is 29.9 Å². The second-order valence-corrected chi connectivity index (χ2v) is 10.5. The molecule has 32 heavy (non-hydrogen) atoms. The first-order valence-corrected chi connectivity index (χ1v) is 11.9. The van der Waals surface area contributed by atoms with E-state index in [-0.39, 0.29) is 17.6 Å². The van der Waals surface area contributed by atoms with Crippen molar-refractivity contribution in [3.8, 4) is 11.5 Å². The maximum Gasteiger partial charge on any atom is 0.229 e. The summed E-state index contributed by atoms with van der Waals surface area (Å²) in [6.45, 7) is 12.3. The Morgan fingerprint density at radius 1 is 0.969 bits per heavy atom. The number of rotatable bonds is 3. The summed E-state index contributed by atoms with van der Waals surface area (Å²) in [6.07, 6.45) is -0.415. The first-order valence-electron chi connectivity index (χ1n) is 11.9. The maximum atomic E-state index is 11.4. The summed E-state index contributed by atoms with van der Waals surface area (Å²) < 4.78 is 11.8. The van der Waals surface area contributed by atoms with Crippen molar-refractivity contribution in [3.05, 3.63) is 33.9 Å². The molecule has 1 fully saturated rings. The largest absolute Gasteiger partial charge is 0.504 e. The Bertz CT molecular complexity index is 904. The molecule has 6 heteroatoms. The van der Waals surface area contributed by atoms with Gasteiger partial charge >= 0.3 is 0 Å². The van der Waals surface area contributed by atoms with Crippen LogP contribution in [0.4, 0.5) is 0 Å². The molecule has 1 saturated heterocycles. The summed E-state index contributed by atoms with van der Waals surface area (Å²) in [7, 11) is 0. The Labute approximate surface area is 190 Å². The van der Waals surface area contributed by atoms with Gasteiger partial charge in [-0.1, -0.05) is 25.5 Å². The summed E-state index contributed by atoms with van der Waals surface area (Å²) in [5.41, 5.74) is 5.57.